The molecule has 0 bridgehead atoms. The first kappa shape index (κ1) is 22.0. The van der Waals surface area contributed by atoms with Crippen LogP contribution in [0.4, 0.5) is 5.69 Å². The molecule has 0 aliphatic heterocycles. The maximum Gasteiger partial charge on any atom is 0.278 e. The number of rotatable bonds is 7. The molecule has 0 spiro atoms. The lowest BCUT2D eigenvalue weighted by Gasteiger charge is -2.11. The van der Waals surface area contributed by atoms with E-state index in [1.165, 1.54) is 10.9 Å². The molecule has 1 N–H and O–H groups in total. The van der Waals surface area contributed by atoms with Crippen LogP contribution in [-0.2, 0) is 17.9 Å². The van der Waals surface area contributed by atoms with E-state index in [-0.39, 0.29) is 24.6 Å². The van der Waals surface area contributed by atoms with Crippen LogP contribution in [0.5, 0.6) is 5.75 Å². The number of fused-ring (bicyclic) bond motifs is 3. The van der Waals surface area contributed by atoms with E-state index in [9.17, 15) is 9.59 Å². The molecular weight excluding hydrogens is 460 g/mol. The first-order valence-electron chi connectivity index (χ1n) is 11.7. The highest BCUT2D eigenvalue weighted by Crippen LogP contribution is 2.38. The third-order valence-electron chi connectivity index (χ3n) is 6.40. The Morgan fingerprint density at radius 3 is 2.86 bits per heavy atom. The number of benzene rings is 2. The summed E-state index contributed by atoms with van der Waals surface area (Å²) in [7, 11) is 1.55. The number of nitrogens with one attached hydrogen (secondary N) is 1. The number of amides is 1. The van der Waals surface area contributed by atoms with Gasteiger partial charge in [-0.3, -0.25) is 14.2 Å². The van der Waals surface area contributed by atoms with Crippen molar-refractivity contribution in [1.82, 2.24) is 24.3 Å². The predicted molar refractivity (Wildman–Crippen MR) is 133 cm³/mol. The summed E-state index contributed by atoms with van der Waals surface area (Å²) in [6, 6.07) is 13.0. The van der Waals surface area contributed by atoms with E-state index in [0.29, 0.717) is 40.1 Å². The van der Waals surface area contributed by atoms with Gasteiger partial charge in [-0.15, -0.1) is 0 Å². The van der Waals surface area contributed by atoms with Gasteiger partial charge in [0.05, 0.1) is 24.6 Å². The topological polar surface area (TPSA) is 117 Å². The monoisotopic (exact) mass is 484 g/mol. The minimum atomic E-state index is -0.292. The first-order chi connectivity index (χ1) is 17.5. The second-order valence-corrected chi connectivity index (χ2v) is 9.05. The minimum Gasteiger partial charge on any atom is -0.495 e. The highest BCUT2D eigenvalue weighted by Gasteiger charge is 2.29. The number of carbonyl (C=O) groups excluding carboxylic acids is 1. The molecule has 0 unspecified atom stereocenters. The van der Waals surface area contributed by atoms with Gasteiger partial charge < -0.3 is 19.1 Å². The van der Waals surface area contributed by atoms with Crippen molar-refractivity contribution in [3.63, 3.8) is 0 Å². The van der Waals surface area contributed by atoms with Gasteiger partial charge in [0.25, 0.3) is 5.56 Å². The van der Waals surface area contributed by atoms with Crippen LogP contribution in [-0.4, -0.2) is 37.3 Å². The predicted octanol–water partition coefficient (Wildman–Crippen LogP) is 3.62. The Morgan fingerprint density at radius 1 is 1.22 bits per heavy atom. The number of para-hydroxylation sites is 2. The molecular formula is C26H24N6O4. The standard InChI is InChI=1S/C26H24N6O4/c1-15-7-10-19-17(11-15)23-24(32(19)12-21(33)28-18-5-3-4-6-20(18)35-2)26(34)31(14-27-23)13-22-29-25(30-36-22)16-8-9-16/h3-7,10-11,14,16H,8-9,12-13H2,1-2H3,(H,28,33). The lowest BCUT2D eigenvalue weighted by molar-refractivity contribution is -0.116. The Labute approximate surface area is 205 Å². The number of aromatic nitrogens is 5. The second kappa shape index (κ2) is 8.63. The Morgan fingerprint density at radius 2 is 2.06 bits per heavy atom. The highest BCUT2D eigenvalue weighted by molar-refractivity contribution is 6.06. The van der Waals surface area contributed by atoms with Crippen LogP contribution >= 0.6 is 0 Å². The molecule has 182 valence electrons. The van der Waals surface area contributed by atoms with E-state index in [0.717, 1.165) is 29.3 Å². The van der Waals surface area contributed by atoms with Crippen LogP contribution in [0.15, 0.2) is 58.1 Å². The zero-order valence-electron chi connectivity index (χ0n) is 19.9. The van der Waals surface area contributed by atoms with E-state index >= 15 is 0 Å². The van der Waals surface area contributed by atoms with E-state index in [1.54, 1.807) is 23.8 Å². The molecule has 0 saturated heterocycles. The number of methoxy groups -OCH3 is 1. The molecule has 1 aliphatic carbocycles. The van der Waals surface area contributed by atoms with Crippen molar-refractivity contribution < 1.29 is 14.1 Å². The SMILES string of the molecule is COc1ccccc1NC(=O)Cn1c2ccc(C)cc2c2ncn(Cc3nc(C4CC4)no3)c(=O)c21. The zero-order chi connectivity index (χ0) is 24.8. The van der Waals surface area contributed by atoms with Crippen LogP contribution < -0.4 is 15.6 Å². The van der Waals surface area contributed by atoms with E-state index in [2.05, 4.69) is 20.4 Å². The number of nitrogens with zero attached hydrogens (tertiary/aromatic N) is 5. The van der Waals surface area contributed by atoms with Gasteiger partial charge in [-0.1, -0.05) is 28.9 Å². The molecule has 3 aromatic heterocycles. The molecule has 0 atom stereocenters. The molecule has 3 heterocycles. The van der Waals surface area contributed by atoms with E-state index < -0.39 is 0 Å². The molecule has 0 radical (unpaired) electrons. The van der Waals surface area contributed by atoms with Crippen molar-refractivity contribution >= 4 is 33.5 Å². The summed E-state index contributed by atoms with van der Waals surface area (Å²) in [4.78, 5) is 35.8. The fourth-order valence-electron chi connectivity index (χ4n) is 4.46. The maximum atomic E-state index is 13.7. The Kier molecular flexibility index (Phi) is 5.28. The van der Waals surface area contributed by atoms with Gasteiger partial charge in [-0.2, -0.15) is 4.98 Å². The van der Waals surface area contributed by atoms with Crippen molar-refractivity contribution in [1.29, 1.82) is 0 Å². The number of aryl methyl sites for hydroxylation is 1. The second-order valence-electron chi connectivity index (χ2n) is 9.05. The number of anilines is 1. The summed E-state index contributed by atoms with van der Waals surface area (Å²) >= 11 is 0. The Balaban J connectivity index is 1.41. The third kappa shape index (κ3) is 3.90. The molecule has 6 rings (SSSR count). The van der Waals surface area contributed by atoms with Crippen LogP contribution in [0.2, 0.25) is 0 Å². The molecule has 1 amide bonds. The molecule has 1 aliphatic rings. The molecule has 1 saturated carbocycles. The highest BCUT2D eigenvalue weighted by atomic mass is 16.5. The quantitative estimate of drug-likeness (QED) is 0.375. The Hall–Kier alpha value is -4.47. The fourth-order valence-corrected chi connectivity index (χ4v) is 4.46. The van der Waals surface area contributed by atoms with E-state index in [4.69, 9.17) is 9.26 Å². The maximum absolute atomic E-state index is 13.7. The lowest BCUT2D eigenvalue weighted by atomic mass is 10.1. The summed E-state index contributed by atoms with van der Waals surface area (Å²) in [6.45, 7) is 2.01. The minimum absolute atomic E-state index is 0.0750. The molecule has 10 nitrogen and oxygen atoms in total. The van der Waals surface area contributed by atoms with Gasteiger partial charge in [0.1, 0.15) is 29.9 Å². The molecule has 1 fully saturated rings. The van der Waals surface area contributed by atoms with Crippen molar-refractivity contribution in [2.24, 2.45) is 0 Å². The average Bonchev–Trinajstić information content (AvgIpc) is 3.55. The first-order valence-corrected chi connectivity index (χ1v) is 11.7. The fraction of sp³-hybridized carbons (Fsp3) is 0.269. The van der Waals surface area contributed by atoms with Crippen LogP contribution in [0.1, 0.15) is 36.0 Å². The third-order valence-corrected chi connectivity index (χ3v) is 6.40. The van der Waals surface area contributed by atoms with Gasteiger partial charge >= 0.3 is 0 Å². The molecule has 10 heteroatoms. The summed E-state index contributed by atoms with van der Waals surface area (Å²) in [5.74, 6) is 1.65. The lowest BCUT2D eigenvalue weighted by Crippen LogP contribution is -2.25. The Bertz CT molecular complexity index is 1680. The molecule has 2 aromatic carbocycles. The number of hydrogen-bond acceptors (Lipinski definition) is 7. The molecule has 36 heavy (non-hydrogen) atoms. The van der Waals surface area contributed by atoms with Crippen molar-refractivity contribution in [3.05, 3.63) is 76.4 Å². The van der Waals surface area contributed by atoms with Crippen LogP contribution in [0.25, 0.3) is 21.9 Å². The van der Waals surface area contributed by atoms with Gasteiger partial charge in [0.15, 0.2) is 5.82 Å². The summed E-state index contributed by atoms with van der Waals surface area (Å²) in [5.41, 5.74) is 2.94. The zero-order valence-corrected chi connectivity index (χ0v) is 19.9. The van der Waals surface area contributed by atoms with Crippen LogP contribution in [0.3, 0.4) is 0 Å². The van der Waals surface area contributed by atoms with Crippen molar-refractivity contribution in [2.45, 2.75) is 38.8 Å². The van der Waals surface area contributed by atoms with Gasteiger partial charge in [-0.05, 0) is 44.0 Å². The van der Waals surface area contributed by atoms with Crippen LogP contribution in [0, 0.1) is 6.92 Å². The number of ether oxygens (including phenoxy) is 1. The van der Waals surface area contributed by atoms with Gasteiger partial charge in [-0.25, -0.2) is 4.98 Å². The normalized spacial score (nSPS) is 13.4. The van der Waals surface area contributed by atoms with Gasteiger partial charge in [0, 0.05) is 11.3 Å². The van der Waals surface area contributed by atoms with Gasteiger partial charge in [0.2, 0.25) is 11.8 Å². The summed E-state index contributed by atoms with van der Waals surface area (Å²) < 4.78 is 13.9. The van der Waals surface area contributed by atoms with Crippen molar-refractivity contribution in [2.75, 3.05) is 12.4 Å². The smallest absolute Gasteiger partial charge is 0.278 e. The summed E-state index contributed by atoms with van der Waals surface area (Å²) in [6.07, 6.45) is 3.61. The largest absolute Gasteiger partial charge is 0.495 e. The molecule has 5 aromatic rings. The summed E-state index contributed by atoms with van der Waals surface area (Å²) in [5, 5.41) is 7.73. The number of hydrogen-bond donors (Lipinski definition) is 1. The van der Waals surface area contributed by atoms with Crippen molar-refractivity contribution in [3.8, 4) is 5.75 Å². The van der Waals surface area contributed by atoms with E-state index in [1.807, 2.05) is 37.3 Å². The number of carbonyl (C=O) groups is 1. The average molecular weight is 485 g/mol.